The zero-order valence-corrected chi connectivity index (χ0v) is 12.4. The van der Waals surface area contributed by atoms with Gasteiger partial charge in [0.15, 0.2) is 0 Å². The van der Waals surface area contributed by atoms with Crippen molar-refractivity contribution in [2.75, 3.05) is 50.0 Å². The number of benzene rings is 1. The van der Waals surface area contributed by atoms with Gasteiger partial charge in [0.2, 0.25) is 0 Å². The number of carbonyl (C=O) groups is 1. The summed E-state index contributed by atoms with van der Waals surface area (Å²) in [5, 5.41) is 0. The number of rotatable bonds is 2. The van der Waals surface area contributed by atoms with Crippen molar-refractivity contribution in [2.45, 2.75) is 19.3 Å². The molecule has 5 heteroatoms. The third-order valence-electron chi connectivity index (χ3n) is 4.27. The van der Waals surface area contributed by atoms with E-state index < -0.39 is 0 Å². The molecule has 21 heavy (non-hydrogen) atoms. The summed E-state index contributed by atoms with van der Waals surface area (Å²) in [5.41, 5.74) is 8.61. The first kappa shape index (κ1) is 14.2. The summed E-state index contributed by atoms with van der Waals surface area (Å²) in [6.07, 6.45) is 3.67. The minimum Gasteiger partial charge on any atom is -0.397 e. The Hall–Kier alpha value is -1.75. The number of carbonyl (C=O) groups excluding carboxylic acids is 1. The first-order chi connectivity index (χ1) is 10.3. The predicted molar refractivity (Wildman–Crippen MR) is 83.6 cm³/mol. The van der Waals surface area contributed by atoms with Gasteiger partial charge in [-0.05, 0) is 37.5 Å². The molecule has 2 N–H and O–H groups in total. The van der Waals surface area contributed by atoms with E-state index in [1.807, 2.05) is 23.1 Å². The number of nitrogens with two attached hydrogens (primary N) is 1. The van der Waals surface area contributed by atoms with Crippen LogP contribution in [0.25, 0.3) is 0 Å². The van der Waals surface area contributed by atoms with Crippen LogP contribution in [-0.2, 0) is 4.74 Å². The third kappa shape index (κ3) is 3.13. The number of hydrogen-bond acceptors (Lipinski definition) is 4. The van der Waals surface area contributed by atoms with Crippen LogP contribution in [0.2, 0.25) is 0 Å². The Morgan fingerprint density at radius 2 is 1.76 bits per heavy atom. The van der Waals surface area contributed by atoms with Crippen molar-refractivity contribution in [1.82, 2.24) is 4.90 Å². The Morgan fingerprint density at radius 1 is 1.05 bits per heavy atom. The number of hydrogen-bond donors (Lipinski definition) is 1. The lowest BCUT2D eigenvalue weighted by Gasteiger charge is -2.31. The number of anilines is 2. The fourth-order valence-corrected chi connectivity index (χ4v) is 3.03. The molecule has 3 rings (SSSR count). The fraction of sp³-hybridized carbons (Fsp3) is 0.562. The lowest BCUT2D eigenvalue weighted by atomic mass is 10.1. The molecule has 0 unspecified atom stereocenters. The molecule has 0 saturated carbocycles. The van der Waals surface area contributed by atoms with Gasteiger partial charge in [0.1, 0.15) is 0 Å². The summed E-state index contributed by atoms with van der Waals surface area (Å²) in [7, 11) is 0. The molecule has 0 spiro atoms. The zero-order valence-electron chi connectivity index (χ0n) is 12.4. The van der Waals surface area contributed by atoms with E-state index in [0.29, 0.717) is 26.3 Å². The highest BCUT2D eigenvalue weighted by Crippen LogP contribution is 2.28. The quantitative estimate of drug-likeness (QED) is 0.842. The summed E-state index contributed by atoms with van der Waals surface area (Å²) in [4.78, 5) is 16.7. The van der Waals surface area contributed by atoms with Gasteiger partial charge >= 0.3 is 0 Å². The molecule has 2 fully saturated rings. The lowest BCUT2D eigenvalue weighted by Crippen LogP contribution is -2.40. The molecule has 2 heterocycles. The summed E-state index contributed by atoms with van der Waals surface area (Å²) >= 11 is 0. The molecule has 1 amide bonds. The van der Waals surface area contributed by atoms with E-state index in [1.54, 1.807) is 0 Å². The Balaban J connectivity index is 1.80. The monoisotopic (exact) mass is 289 g/mol. The van der Waals surface area contributed by atoms with Gasteiger partial charge in [-0.25, -0.2) is 0 Å². The Bertz CT molecular complexity index is 506. The van der Waals surface area contributed by atoms with E-state index in [2.05, 4.69) is 4.90 Å². The number of nitrogens with zero attached hydrogens (tertiary/aromatic N) is 2. The Labute approximate surface area is 125 Å². The number of piperidine rings is 1. The largest absolute Gasteiger partial charge is 0.397 e. The average Bonchev–Trinajstić information content (AvgIpc) is 2.56. The molecule has 114 valence electrons. The van der Waals surface area contributed by atoms with Crippen molar-refractivity contribution in [2.24, 2.45) is 0 Å². The molecule has 2 aliphatic heterocycles. The van der Waals surface area contributed by atoms with Crippen molar-refractivity contribution in [3.63, 3.8) is 0 Å². The van der Waals surface area contributed by atoms with E-state index >= 15 is 0 Å². The van der Waals surface area contributed by atoms with Crippen LogP contribution in [0, 0.1) is 0 Å². The lowest BCUT2D eigenvalue weighted by molar-refractivity contribution is 0.0303. The topological polar surface area (TPSA) is 58.8 Å². The van der Waals surface area contributed by atoms with Gasteiger partial charge in [0.05, 0.1) is 24.6 Å². The second-order valence-electron chi connectivity index (χ2n) is 5.73. The van der Waals surface area contributed by atoms with Gasteiger partial charge in [-0.1, -0.05) is 0 Å². The smallest absolute Gasteiger partial charge is 0.254 e. The average molecular weight is 289 g/mol. The van der Waals surface area contributed by atoms with Gasteiger partial charge in [0, 0.05) is 31.7 Å². The number of morpholine rings is 1. The maximum absolute atomic E-state index is 12.6. The second-order valence-corrected chi connectivity index (χ2v) is 5.73. The summed E-state index contributed by atoms with van der Waals surface area (Å²) in [5.74, 6) is 0.0801. The highest BCUT2D eigenvalue weighted by molar-refractivity contribution is 5.96. The molecule has 0 aromatic heterocycles. The van der Waals surface area contributed by atoms with Crippen LogP contribution in [0.4, 0.5) is 11.4 Å². The van der Waals surface area contributed by atoms with Crippen LogP contribution in [0.5, 0.6) is 0 Å². The van der Waals surface area contributed by atoms with Gasteiger partial charge < -0.3 is 20.3 Å². The van der Waals surface area contributed by atoms with Crippen molar-refractivity contribution >= 4 is 17.3 Å². The van der Waals surface area contributed by atoms with Crippen molar-refractivity contribution in [1.29, 1.82) is 0 Å². The molecule has 5 nitrogen and oxygen atoms in total. The Kier molecular flexibility index (Phi) is 4.29. The highest BCUT2D eigenvalue weighted by atomic mass is 16.5. The van der Waals surface area contributed by atoms with Crippen LogP contribution >= 0.6 is 0 Å². The minimum atomic E-state index is 0.0801. The number of nitrogen functional groups attached to an aromatic ring is 1. The SMILES string of the molecule is Nc1ccc(C(=O)N2CCOCC2)cc1N1CCCCC1. The van der Waals surface area contributed by atoms with Crippen LogP contribution in [0.15, 0.2) is 18.2 Å². The minimum absolute atomic E-state index is 0.0801. The maximum Gasteiger partial charge on any atom is 0.254 e. The summed E-state index contributed by atoms with van der Waals surface area (Å²) in [6.45, 7) is 4.64. The van der Waals surface area contributed by atoms with E-state index in [0.717, 1.165) is 30.0 Å². The van der Waals surface area contributed by atoms with E-state index in [4.69, 9.17) is 10.5 Å². The van der Waals surface area contributed by atoms with Crippen molar-refractivity contribution < 1.29 is 9.53 Å². The number of ether oxygens (including phenoxy) is 1. The fourth-order valence-electron chi connectivity index (χ4n) is 3.03. The van der Waals surface area contributed by atoms with E-state index in [1.165, 1.54) is 19.3 Å². The third-order valence-corrected chi connectivity index (χ3v) is 4.27. The van der Waals surface area contributed by atoms with Crippen LogP contribution < -0.4 is 10.6 Å². The van der Waals surface area contributed by atoms with Crippen molar-refractivity contribution in [3.8, 4) is 0 Å². The molecule has 2 saturated heterocycles. The second kappa shape index (κ2) is 6.35. The molecule has 0 atom stereocenters. The van der Waals surface area contributed by atoms with E-state index in [9.17, 15) is 4.79 Å². The van der Waals surface area contributed by atoms with Crippen LogP contribution in [0.3, 0.4) is 0 Å². The molecular formula is C16H23N3O2. The summed E-state index contributed by atoms with van der Waals surface area (Å²) in [6, 6.07) is 5.65. The molecule has 1 aromatic rings. The van der Waals surface area contributed by atoms with Gasteiger partial charge in [-0.2, -0.15) is 0 Å². The molecular weight excluding hydrogens is 266 g/mol. The molecule has 0 bridgehead atoms. The first-order valence-corrected chi connectivity index (χ1v) is 7.77. The van der Waals surface area contributed by atoms with Crippen LogP contribution in [-0.4, -0.2) is 50.2 Å². The van der Waals surface area contributed by atoms with Gasteiger partial charge in [-0.15, -0.1) is 0 Å². The molecule has 2 aliphatic rings. The molecule has 1 aromatic carbocycles. The standard InChI is InChI=1S/C16H23N3O2/c17-14-5-4-13(16(20)19-8-10-21-11-9-19)12-15(14)18-6-2-1-3-7-18/h4-5,12H,1-3,6-11,17H2. The van der Waals surface area contributed by atoms with Gasteiger partial charge in [-0.3, -0.25) is 4.79 Å². The predicted octanol–water partition coefficient (Wildman–Crippen LogP) is 1.73. The van der Waals surface area contributed by atoms with Crippen molar-refractivity contribution in [3.05, 3.63) is 23.8 Å². The molecule has 0 radical (unpaired) electrons. The first-order valence-electron chi connectivity index (χ1n) is 7.77. The zero-order chi connectivity index (χ0) is 14.7. The summed E-state index contributed by atoms with van der Waals surface area (Å²) < 4.78 is 5.30. The van der Waals surface area contributed by atoms with Crippen LogP contribution in [0.1, 0.15) is 29.6 Å². The molecule has 0 aliphatic carbocycles. The van der Waals surface area contributed by atoms with Gasteiger partial charge in [0.25, 0.3) is 5.91 Å². The highest BCUT2D eigenvalue weighted by Gasteiger charge is 2.21. The van der Waals surface area contributed by atoms with E-state index in [-0.39, 0.29) is 5.91 Å². The Morgan fingerprint density at radius 3 is 2.48 bits per heavy atom. The normalized spacial score (nSPS) is 19.6. The number of amides is 1. The maximum atomic E-state index is 12.6.